The molecule has 1 radical (unpaired) electrons. The molecule has 0 aromatic carbocycles. The van der Waals surface area contributed by atoms with E-state index in [0.29, 0.717) is 0 Å². The molecule has 0 heterocycles. The molecule has 0 fully saturated rings. The van der Waals surface area contributed by atoms with Gasteiger partial charge in [-0.05, 0) is 6.26 Å². The van der Waals surface area contributed by atoms with E-state index in [4.69, 9.17) is 0 Å². The molecule has 0 aliphatic heterocycles. The smallest absolute Gasteiger partial charge is 0.0259 e. The lowest BCUT2D eigenvalue weighted by Crippen LogP contribution is -1.61. The van der Waals surface area contributed by atoms with Crippen molar-refractivity contribution < 1.29 is 0 Å². The zero-order valence-electron chi connectivity index (χ0n) is 3.14. The fourth-order valence-corrected chi connectivity index (χ4v) is 0.671. The third-order valence-electron chi connectivity index (χ3n) is 0.241. The standard InChI is InChI=1S/C3H7S2/c1-5-3-2-4/h3-4H,2H2,1H3. The summed E-state index contributed by atoms with van der Waals surface area (Å²) in [6.07, 6.45) is 2.02. The molecule has 0 saturated carbocycles. The SMILES string of the molecule is CS[CH]CS. The summed E-state index contributed by atoms with van der Waals surface area (Å²) >= 11 is 5.62. The highest BCUT2D eigenvalue weighted by atomic mass is 32.2. The van der Waals surface area contributed by atoms with Crippen LogP contribution in [0.3, 0.4) is 0 Å². The second-order valence-electron chi connectivity index (χ2n) is 0.585. The molecular weight excluding hydrogens is 100 g/mol. The summed E-state index contributed by atoms with van der Waals surface area (Å²) in [4.78, 5) is 0. The van der Waals surface area contributed by atoms with Crippen LogP contribution in [0.1, 0.15) is 0 Å². The predicted octanol–water partition coefficient (Wildman–Crippen LogP) is 1.44. The summed E-state index contributed by atoms with van der Waals surface area (Å²) in [6.45, 7) is 0. The molecule has 31 valence electrons. The summed E-state index contributed by atoms with van der Waals surface area (Å²) in [5.41, 5.74) is 0. The first kappa shape index (κ1) is 5.70. The van der Waals surface area contributed by atoms with Crippen LogP contribution < -0.4 is 0 Å². The fourth-order valence-electron chi connectivity index (χ4n) is 0.0745. The quantitative estimate of drug-likeness (QED) is 0.521. The summed E-state index contributed by atoms with van der Waals surface area (Å²) < 4.78 is 0. The number of thiol groups is 1. The predicted molar refractivity (Wildman–Crippen MR) is 31.7 cm³/mol. The van der Waals surface area contributed by atoms with Gasteiger partial charge in [0.1, 0.15) is 0 Å². The molecule has 2 heteroatoms. The molecule has 0 aliphatic rings. The number of thioether (sulfide) groups is 1. The normalized spacial score (nSPS) is 8.40. The Balaban J connectivity index is 2.19. The zero-order valence-corrected chi connectivity index (χ0v) is 4.85. The van der Waals surface area contributed by atoms with Crippen molar-refractivity contribution in [2.45, 2.75) is 0 Å². The molecule has 0 unspecified atom stereocenters. The third-order valence-corrected chi connectivity index (χ3v) is 1.17. The monoisotopic (exact) mass is 107 g/mol. The minimum Gasteiger partial charge on any atom is -0.178 e. The van der Waals surface area contributed by atoms with Crippen molar-refractivity contribution in [2.75, 3.05) is 12.0 Å². The topological polar surface area (TPSA) is 0 Å². The maximum atomic E-state index is 3.92. The minimum absolute atomic E-state index is 0.876. The van der Waals surface area contributed by atoms with Gasteiger partial charge < -0.3 is 0 Å². The van der Waals surface area contributed by atoms with Gasteiger partial charge in [-0.15, -0.1) is 0 Å². The van der Waals surface area contributed by atoms with Crippen molar-refractivity contribution in [2.24, 2.45) is 0 Å². The van der Waals surface area contributed by atoms with E-state index >= 15 is 0 Å². The van der Waals surface area contributed by atoms with E-state index in [9.17, 15) is 0 Å². The number of hydrogen-bond donors (Lipinski definition) is 1. The number of hydrogen-bond acceptors (Lipinski definition) is 2. The summed E-state index contributed by atoms with van der Waals surface area (Å²) in [6, 6.07) is 0. The Kier molecular flexibility index (Phi) is 5.36. The Hall–Kier alpha value is 0.700. The molecule has 0 aromatic heterocycles. The van der Waals surface area contributed by atoms with Crippen LogP contribution in [0.2, 0.25) is 0 Å². The van der Waals surface area contributed by atoms with Crippen LogP contribution in [0.25, 0.3) is 0 Å². The fraction of sp³-hybridized carbons (Fsp3) is 0.667. The highest BCUT2D eigenvalue weighted by Crippen LogP contribution is 1.97. The molecule has 0 aliphatic carbocycles. The highest BCUT2D eigenvalue weighted by molar-refractivity contribution is 8.01. The molecule has 0 saturated heterocycles. The van der Waals surface area contributed by atoms with Crippen molar-refractivity contribution in [3.05, 3.63) is 5.75 Å². The highest BCUT2D eigenvalue weighted by Gasteiger charge is 1.69. The van der Waals surface area contributed by atoms with Gasteiger partial charge in [-0.2, -0.15) is 24.4 Å². The summed E-state index contributed by atoms with van der Waals surface area (Å²) in [7, 11) is 0. The average molecular weight is 107 g/mol. The minimum atomic E-state index is 0.876. The maximum Gasteiger partial charge on any atom is 0.0259 e. The van der Waals surface area contributed by atoms with Crippen molar-refractivity contribution in [1.29, 1.82) is 0 Å². The van der Waals surface area contributed by atoms with Gasteiger partial charge in [0.2, 0.25) is 0 Å². The summed E-state index contributed by atoms with van der Waals surface area (Å²) in [5, 5.41) is 0. The largest absolute Gasteiger partial charge is 0.178 e. The van der Waals surface area contributed by atoms with Crippen LogP contribution >= 0.6 is 24.4 Å². The average Bonchev–Trinajstić information content (AvgIpc) is 1.41. The lowest BCUT2D eigenvalue weighted by atomic mass is 11.0. The number of rotatable bonds is 2. The lowest BCUT2D eigenvalue weighted by Gasteiger charge is -1.78. The zero-order chi connectivity index (χ0) is 4.12. The van der Waals surface area contributed by atoms with E-state index in [1.807, 2.05) is 12.0 Å². The Bertz CT molecular complexity index is 12.4. The van der Waals surface area contributed by atoms with Crippen molar-refractivity contribution in [3.8, 4) is 0 Å². The lowest BCUT2D eigenvalue weighted by molar-refractivity contribution is 1.78. The first-order chi connectivity index (χ1) is 2.41. The Morgan fingerprint density at radius 3 is 2.60 bits per heavy atom. The van der Waals surface area contributed by atoms with Crippen molar-refractivity contribution >= 4 is 24.4 Å². The van der Waals surface area contributed by atoms with Gasteiger partial charge in [-0.3, -0.25) is 0 Å². The Morgan fingerprint density at radius 2 is 2.60 bits per heavy atom. The first-order valence-electron chi connectivity index (χ1n) is 1.37. The van der Waals surface area contributed by atoms with Crippen LogP contribution in [0.5, 0.6) is 0 Å². The van der Waals surface area contributed by atoms with Gasteiger partial charge >= 0.3 is 0 Å². The van der Waals surface area contributed by atoms with E-state index in [1.54, 1.807) is 11.8 Å². The maximum absolute atomic E-state index is 3.92. The first-order valence-corrected chi connectivity index (χ1v) is 3.29. The van der Waals surface area contributed by atoms with E-state index < -0.39 is 0 Å². The third kappa shape index (κ3) is 4.70. The van der Waals surface area contributed by atoms with E-state index in [-0.39, 0.29) is 0 Å². The van der Waals surface area contributed by atoms with E-state index in [2.05, 4.69) is 12.6 Å². The van der Waals surface area contributed by atoms with Gasteiger partial charge in [0.25, 0.3) is 0 Å². The molecule has 0 spiro atoms. The van der Waals surface area contributed by atoms with Crippen LogP contribution in [-0.2, 0) is 0 Å². The van der Waals surface area contributed by atoms with Gasteiger partial charge in [0, 0.05) is 11.5 Å². The van der Waals surface area contributed by atoms with Crippen molar-refractivity contribution in [1.82, 2.24) is 0 Å². The molecule has 0 amide bonds. The molecule has 0 nitrogen and oxygen atoms in total. The van der Waals surface area contributed by atoms with Crippen LogP contribution in [0.15, 0.2) is 0 Å². The summed E-state index contributed by atoms with van der Waals surface area (Å²) in [5.74, 6) is 2.91. The molecule has 5 heavy (non-hydrogen) atoms. The molecule has 0 atom stereocenters. The van der Waals surface area contributed by atoms with Crippen LogP contribution in [0.4, 0.5) is 0 Å². The van der Waals surface area contributed by atoms with Crippen molar-refractivity contribution in [3.63, 3.8) is 0 Å². The van der Waals surface area contributed by atoms with E-state index in [1.165, 1.54) is 0 Å². The Labute approximate surface area is 42.7 Å². The van der Waals surface area contributed by atoms with Gasteiger partial charge in [-0.1, -0.05) is 0 Å². The molecule has 0 N–H and O–H groups in total. The Morgan fingerprint density at radius 1 is 2.00 bits per heavy atom. The van der Waals surface area contributed by atoms with Crippen LogP contribution in [0, 0.1) is 5.75 Å². The van der Waals surface area contributed by atoms with Crippen LogP contribution in [-0.4, -0.2) is 12.0 Å². The van der Waals surface area contributed by atoms with E-state index in [0.717, 1.165) is 5.75 Å². The molecular formula is C3H7S2. The van der Waals surface area contributed by atoms with Gasteiger partial charge in [0.05, 0.1) is 0 Å². The molecule has 0 aromatic rings. The van der Waals surface area contributed by atoms with Gasteiger partial charge in [0.15, 0.2) is 0 Å². The second kappa shape index (κ2) is 4.70. The van der Waals surface area contributed by atoms with Gasteiger partial charge in [-0.25, -0.2) is 0 Å². The second-order valence-corrected chi connectivity index (χ2v) is 1.75. The molecule has 0 bridgehead atoms. The molecule has 0 rings (SSSR count).